The fourth-order valence-corrected chi connectivity index (χ4v) is 0.745. The average molecular weight is 210 g/mol. The summed E-state index contributed by atoms with van der Waals surface area (Å²) in [6.07, 6.45) is 4.64. The summed E-state index contributed by atoms with van der Waals surface area (Å²) < 4.78 is 4.75. The van der Waals surface area contributed by atoms with Crippen molar-refractivity contribution in [2.24, 2.45) is 0 Å². The molecular formula is C8H16O2Zn. The van der Waals surface area contributed by atoms with Crippen molar-refractivity contribution in [1.82, 2.24) is 0 Å². The van der Waals surface area contributed by atoms with Gasteiger partial charge in [-0.25, -0.2) is 0 Å². The Morgan fingerprint density at radius 3 is 2.36 bits per heavy atom. The first-order valence-electron chi connectivity index (χ1n) is 3.90. The molecule has 0 rings (SSSR count). The van der Waals surface area contributed by atoms with Crippen molar-refractivity contribution in [3.8, 4) is 0 Å². The molecule has 62 valence electrons. The molecule has 0 N–H and O–H groups in total. The Morgan fingerprint density at radius 2 is 1.91 bits per heavy atom. The van der Waals surface area contributed by atoms with Crippen molar-refractivity contribution in [3.05, 3.63) is 0 Å². The van der Waals surface area contributed by atoms with Crippen LogP contribution in [0.5, 0.6) is 0 Å². The fourth-order valence-electron chi connectivity index (χ4n) is 0.745. The molecule has 0 aromatic carbocycles. The molecule has 0 saturated carbocycles. The summed E-state index contributed by atoms with van der Waals surface area (Å²) in [5.41, 5.74) is 0. The molecule has 0 unspecified atom stereocenters. The maximum atomic E-state index is 10.3. The van der Waals surface area contributed by atoms with Gasteiger partial charge in [-0.2, -0.15) is 0 Å². The van der Waals surface area contributed by atoms with Crippen LogP contribution in [0.15, 0.2) is 0 Å². The molecule has 0 atom stereocenters. The summed E-state index contributed by atoms with van der Waals surface area (Å²) in [6.45, 7) is 4.20. The SMILES string of the molecule is CCCCCCOC(C)=O.[Zn]. The Bertz CT molecular complexity index is 94.1. The fraction of sp³-hybridized carbons (Fsp3) is 0.875. The second-order valence-electron chi connectivity index (χ2n) is 2.40. The van der Waals surface area contributed by atoms with Crippen molar-refractivity contribution in [3.63, 3.8) is 0 Å². The Labute approximate surface area is 81.5 Å². The zero-order valence-electron chi connectivity index (χ0n) is 7.56. The number of hydrogen-bond acceptors (Lipinski definition) is 2. The third kappa shape index (κ3) is 13.1. The van der Waals surface area contributed by atoms with Gasteiger partial charge in [-0.05, 0) is 6.42 Å². The minimum Gasteiger partial charge on any atom is -0.466 e. The quantitative estimate of drug-likeness (QED) is 0.394. The molecule has 3 heteroatoms. The van der Waals surface area contributed by atoms with E-state index in [1.807, 2.05) is 0 Å². The van der Waals surface area contributed by atoms with Gasteiger partial charge in [0.05, 0.1) is 6.61 Å². The minimum atomic E-state index is -0.170. The Morgan fingerprint density at radius 1 is 1.27 bits per heavy atom. The molecule has 0 aromatic rings. The molecule has 11 heavy (non-hydrogen) atoms. The van der Waals surface area contributed by atoms with Crippen LogP contribution in [0.4, 0.5) is 0 Å². The van der Waals surface area contributed by atoms with Gasteiger partial charge in [0.2, 0.25) is 0 Å². The maximum Gasteiger partial charge on any atom is 0.302 e. The molecule has 0 radical (unpaired) electrons. The molecule has 0 saturated heterocycles. The number of unbranched alkanes of at least 4 members (excludes halogenated alkanes) is 3. The van der Waals surface area contributed by atoms with Gasteiger partial charge < -0.3 is 4.74 Å². The molecule has 0 heterocycles. The summed E-state index contributed by atoms with van der Waals surface area (Å²) in [4.78, 5) is 10.3. The van der Waals surface area contributed by atoms with E-state index in [9.17, 15) is 4.79 Å². The first-order valence-corrected chi connectivity index (χ1v) is 3.90. The molecule has 0 amide bonds. The van der Waals surface area contributed by atoms with E-state index in [0.717, 1.165) is 6.42 Å². The van der Waals surface area contributed by atoms with E-state index in [2.05, 4.69) is 6.92 Å². The molecule has 0 aromatic heterocycles. The molecule has 0 aliphatic carbocycles. The van der Waals surface area contributed by atoms with Gasteiger partial charge in [0.15, 0.2) is 0 Å². The molecule has 0 aliphatic rings. The van der Waals surface area contributed by atoms with Crippen LogP contribution in [-0.2, 0) is 29.0 Å². The van der Waals surface area contributed by atoms with Crippen molar-refractivity contribution in [2.75, 3.05) is 6.61 Å². The van der Waals surface area contributed by atoms with Gasteiger partial charge in [-0.3, -0.25) is 4.79 Å². The van der Waals surface area contributed by atoms with E-state index in [0.29, 0.717) is 6.61 Å². The van der Waals surface area contributed by atoms with E-state index < -0.39 is 0 Å². The standard InChI is InChI=1S/C8H16O2.Zn/c1-3-4-5-6-7-10-8(2)9;/h3-7H2,1-2H3;. The average Bonchev–Trinajstić information content (AvgIpc) is 1.87. The normalized spacial score (nSPS) is 8.55. The summed E-state index contributed by atoms with van der Waals surface area (Å²) in [7, 11) is 0. The summed E-state index contributed by atoms with van der Waals surface area (Å²) in [5, 5.41) is 0. The zero-order chi connectivity index (χ0) is 7.82. The topological polar surface area (TPSA) is 26.3 Å². The maximum absolute atomic E-state index is 10.3. The van der Waals surface area contributed by atoms with Crippen LogP contribution in [0.1, 0.15) is 39.5 Å². The van der Waals surface area contributed by atoms with Crippen LogP contribution in [0.3, 0.4) is 0 Å². The summed E-state index contributed by atoms with van der Waals surface area (Å²) in [5.74, 6) is -0.170. The second-order valence-corrected chi connectivity index (χ2v) is 2.40. The summed E-state index contributed by atoms with van der Waals surface area (Å²) in [6, 6.07) is 0. The van der Waals surface area contributed by atoms with E-state index in [1.165, 1.54) is 26.2 Å². The summed E-state index contributed by atoms with van der Waals surface area (Å²) >= 11 is 0. The van der Waals surface area contributed by atoms with Crippen LogP contribution in [0.25, 0.3) is 0 Å². The van der Waals surface area contributed by atoms with Gasteiger partial charge in [0.25, 0.3) is 0 Å². The number of esters is 1. The van der Waals surface area contributed by atoms with Gasteiger partial charge in [-0.1, -0.05) is 26.2 Å². The van der Waals surface area contributed by atoms with E-state index in [4.69, 9.17) is 4.74 Å². The molecule has 2 nitrogen and oxygen atoms in total. The van der Waals surface area contributed by atoms with Crippen LogP contribution in [-0.4, -0.2) is 12.6 Å². The van der Waals surface area contributed by atoms with E-state index >= 15 is 0 Å². The second kappa shape index (κ2) is 10.1. The van der Waals surface area contributed by atoms with Gasteiger partial charge >= 0.3 is 5.97 Å². The number of rotatable bonds is 5. The molecule has 0 spiro atoms. The van der Waals surface area contributed by atoms with Crippen molar-refractivity contribution < 1.29 is 29.0 Å². The number of carbonyl (C=O) groups is 1. The third-order valence-electron chi connectivity index (χ3n) is 1.30. The number of carbonyl (C=O) groups excluding carboxylic acids is 1. The van der Waals surface area contributed by atoms with Crippen LogP contribution < -0.4 is 0 Å². The zero-order valence-corrected chi connectivity index (χ0v) is 10.5. The van der Waals surface area contributed by atoms with Gasteiger partial charge in [0.1, 0.15) is 0 Å². The van der Waals surface area contributed by atoms with E-state index in [-0.39, 0.29) is 25.4 Å². The van der Waals surface area contributed by atoms with Crippen molar-refractivity contribution in [2.45, 2.75) is 39.5 Å². The predicted octanol–water partition coefficient (Wildman–Crippen LogP) is 2.13. The molecular weight excluding hydrogens is 193 g/mol. The van der Waals surface area contributed by atoms with Crippen molar-refractivity contribution in [1.29, 1.82) is 0 Å². The van der Waals surface area contributed by atoms with Crippen LogP contribution >= 0.6 is 0 Å². The Kier molecular flexibility index (Phi) is 12.5. The third-order valence-corrected chi connectivity index (χ3v) is 1.30. The largest absolute Gasteiger partial charge is 0.466 e. The van der Waals surface area contributed by atoms with Crippen LogP contribution in [0, 0.1) is 0 Å². The van der Waals surface area contributed by atoms with Gasteiger partial charge in [-0.15, -0.1) is 0 Å². The molecule has 0 fully saturated rings. The smallest absolute Gasteiger partial charge is 0.302 e. The number of hydrogen-bond donors (Lipinski definition) is 0. The van der Waals surface area contributed by atoms with Gasteiger partial charge in [0, 0.05) is 26.4 Å². The minimum absolute atomic E-state index is 0. The van der Waals surface area contributed by atoms with E-state index in [1.54, 1.807) is 0 Å². The first-order chi connectivity index (χ1) is 4.77. The first kappa shape index (κ1) is 13.7. The molecule has 0 bridgehead atoms. The Hall–Kier alpha value is 0.0934. The van der Waals surface area contributed by atoms with Crippen molar-refractivity contribution >= 4 is 5.97 Å². The Balaban J connectivity index is 0. The molecule has 0 aliphatic heterocycles. The number of ether oxygens (including phenoxy) is 1. The predicted molar refractivity (Wildman–Crippen MR) is 40.8 cm³/mol. The van der Waals surface area contributed by atoms with Crippen LogP contribution in [0.2, 0.25) is 0 Å². The monoisotopic (exact) mass is 208 g/mol.